The average Bonchev–Trinajstić information content (AvgIpc) is 3.26. The quantitative estimate of drug-likeness (QED) is 0.791. The monoisotopic (exact) mass is 390 g/mol. The van der Waals surface area contributed by atoms with Crippen molar-refractivity contribution in [2.24, 2.45) is 5.41 Å². The molecule has 27 heavy (non-hydrogen) atoms. The zero-order chi connectivity index (χ0) is 19.0. The van der Waals surface area contributed by atoms with Gasteiger partial charge >= 0.3 is 0 Å². The van der Waals surface area contributed by atoms with Crippen molar-refractivity contribution in [1.29, 1.82) is 0 Å². The third kappa shape index (κ3) is 4.04. The number of thiazole rings is 1. The summed E-state index contributed by atoms with van der Waals surface area (Å²) in [5.74, 6) is 0.523. The minimum absolute atomic E-state index is 0.191. The molecule has 6 nitrogen and oxygen atoms in total. The van der Waals surface area contributed by atoms with Gasteiger partial charge in [-0.25, -0.2) is 4.98 Å². The van der Waals surface area contributed by atoms with Crippen molar-refractivity contribution in [3.05, 3.63) is 16.1 Å². The highest BCUT2D eigenvalue weighted by atomic mass is 32.1. The number of aryl methyl sites for hydroxylation is 1. The van der Waals surface area contributed by atoms with Crippen LogP contribution in [0.2, 0.25) is 0 Å². The van der Waals surface area contributed by atoms with Crippen LogP contribution in [0.1, 0.15) is 42.8 Å². The molecule has 0 bridgehead atoms. The van der Waals surface area contributed by atoms with Crippen LogP contribution in [-0.4, -0.2) is 77.3 Å². The Kier molecular flexibility index (Phi) is 5.25. The van der Waals surface area contributed by atoms with E-state index in [-0.39, 0.29) is 11.3 Å². The Bertz CT molecular complexity index is 711. The number of amides is 2. The Balaban J connectivity index is 1.34. The molecular formula is C20H30N4O2S. The van der Waals surface area contributed by atoms with E-state index in [0.717, 1.165) is 69.1 Å². The molecule has 0 saturated carbocycles. The van der Waals surface area contributed by atoms with Gasteiger partial charge in [-0.05, 0) is 51.6 Å². The van der Waals surface area contributed by atoms with Crippen LogP contribution in [0, 0.1) is 12.3 Å². The number of carbonyl (C=O) groups excluding carboxylic acids is 2. The predicted molar refractivity (Wildman–Crippen MR) is 106 cm³/mol. The SMILES string of the molecule is Cc1nc(CC(=O)N2CCC3(CCC(=O)N(C4CCN(C)C4)C3)CC2)cs1. The van der Waals surface area contributed by atoms with Crippen LogP contribution in [0.5, 0.6) is 0 Å². The first-order valence-electron chi connectivity index (χ1n) is 10.1. The maximum Gasteiger partial charge on any atom is 0.228 e. The zero-order valence-electron chi connectivity index (χ0n) is 16.4. The molecule has 148 valence electrons. The standard InChI is InChI=1S/C20H30N4O2S/c1-15-21-16(13-27-15)11-19(26)23-9-6-20(7-10-23)5-3-18(25)24(14-20)17-4-8-22(2)12-17/h13,17H,3-12,14H2,1-2H3. The molecule has 1 unspecified atom stereocenters. The molecule has 3 aliphatic heterocycles. The fraction of sp³-hybridized carbons (Fsp3) is 0.750. The van der Waals surface area contributed by atoms with E-state index in [9.17, 15) is 9.59 Å². The summed E-state index contributed by atoms with van der Waals surface area (Å²) in [5.41, 5.74) is 1.10. The number of aromatic nitrogens is 1. The Morgan fingerprint density at radius 2 is 2.07 bits per heavy atom. The van der Waals surface area contributed by atoms with Gasteiger partial charge in [-0.2, -0.15) is 0 Å². The molecule has 1 atom stereocenters. The summed E-state index contributed by atoms with van der Waals surface area (Å²) in [6.45, 7) is 6.57. The second-order valence-corrected chi connectivity index (χ2v) is 9.70. The van der Waals surface area contributed by atoms with Crippen LogP contribution in [0.15, 0.2) is 5.38 Å². The lowest BCUT2D eigenvalue weighted by molar-refractivity contribution is -0.144. The van der Waals surface area contributed by atoms with Gasteiger partial charge in [0.15, 0.2) is 0 Å². The molecule has 3 fully saturated rings. The smallest absolute Gasteiger partial charge is 0.228 e. The maximum atomic E-state index is 12.6. The van der Waals surface area contributed by atoms with Crippen LogP contribution in [-0.2, 0) is 16.0 Å². The fourth-order valence-corrected chi connectivity index (χ4v) is 5.55. The van der Waals surface area contributed by atoms with Crippen molar-refractivity contribution in [2.45, 2.75) is 51.5 Å². The highest BCUT2D eigenvalue weighted by Crippen LogP contribution is 2.41. The molecular weight excluding hydrogens is 360 g/mol. The molecule has 7 heteroatoms. The van der Waals surface area contributed by atoms with Crippen molar-refractivity contribution in [3.63, 3.8) is 0 Å². The number of piperidine rings is 2. The number of hydrogen-bond donors (Lipinski definition) is 0. The number of likely N-dealkylation sites (tertiary alicyclic amines) is 3. The molecule has 3 aliphatic rings. The Morgan fingerprint density at radius 1 is 1.30 bits per heavy atom. The van der Waals surface area contributed by atoms with E-state index < -0.39 is 0 Å². The number of carbonyl (C=O) groups is 2. The highest BCUT2D eigenvalue weighted by Gasteiger charge is 2.44. The molecule has 1 spiro atoms. The molecule has 0 aliphatic carbocycles. The minimum atomic E-state index is 0.191. The second kappa shape index (κ2) is 7.51. The normalized spacial score (nSPS) is 26.1. The number of nitrogens with zero attached hydrogens (tertiary/aromatic N) is 4. The molecule has 0 radical (unpaired) electrons. The van der Waals surface area contributed by atoms with Crippen LogP contribution < -0.4 is 0 Å². The maximum absolute atomic E-state index is 12.6. The van der Waals surface area contributed by atoms with E-state index in [2.05, 4.69) is 21.8 Å². The predicted octanol–water partition coefficient (Wildman–Crippen LogP) is 1.93. The van der Waals surface area contributed by atoms with Crippen molar-refractivity contribution >= 4 is 23.2 Å². The van der Waals surface area contributed by atoms with E-state index in [1.54, 1.807) is 11.3 Å². The third-order valence-corrected chi connectivity index (χ3v) is 7.50. The summed E-state index contributed by atoms with van der Waals surface area (Å²) >= 11 is 1.60. The summed E-state index contributed by atoms with van der Waals surface area (Å²) < 4.78 is 0. The minimum Gasteiger partial charge on any atom is -0.342 e. The van der Waals surface area contributed by atoms with Crippen molar-refractivity contribution < 1.29 is 9.59 Å². The van der Waals surface area contributed by atoms with Gasteiger partial charge < -0.3 is 14.7 Å². The first-order valence-corrected chi connectivity index (χ1v) is 11.0. The summed E-state index contributed by atoms with van der Waals surface area (Å²) in [7, 11) is 2.14. The Hall–Kier alpha value is -1.47. The average molecular weight is 391 g/mol. The lowest BCUT2D eigenvalue weighted by Gasteiger charge is -2.49. The highest BCUT2D eigenvalue weighted by molar-refractivity contribution is 7.09. The van der Waals surface area contributed by atoms with E-state index in [1.807, 2.05) is 17.2 Å². The third-order valence-electron chi connectivity index (χ3n) is 6.68. The van der Waals surface area contributed by atoms with Crippen molar-refractivity contribution in [1.82, 2.24) is 19.7 Å². The first-order chi connectivity index (χ1) is 12.9. The van der Waals surface area contributed by atoms with E-state index in [1.165, 1.54) is 0 Å². The van der Waals surface area contributed by atoms with E-state index in [4.69, 9.17) is 0 Å². The number of rotatable bonds is 3. The van der Waals surface area contributed by atoms with E-state index >= 15 is 0 Å². The molecule has 0 aromatic carbocycles. The summed E-state index contributed by atoms with van der Waals surface area (Å²) in [4.78, 5) is 36.1. The lowest BCUT2D eigenvalue weighted by atomic mass is 9.72. The van der Waals surface area contributed by atoms with Crippen LogP contribution >= 0.6 is 11.3 Å². The summed E-state index contributed by atoms with van der Waals surface area (Å²) in [6.07, 6.45) is 5.19. The van der Waals surface area contributed by atoms with Gasteiger partial charge in [0.25, 0.3) is 0 Å². The van der Waals surface area contributed by atoms with Gasteiger partial charge in [0, 0.05) is 44.0 Å². The second-order valence-electron chi connectivity index (χ2n) is 8.64. The van der Waals surface area contributed by atoms with Crippen LogP contribution in [0.25, 0.3) is 0 Å². The largest absolute Gasteiger partial charge is 0.342 e. The zero-order valence-corrected chi connectivity index (χ0v) is 17.3. The lowest BCUT2D eigenvalue weighted by Crippen LogP contribution is -2.55. The molecule has 4 heterocycles. The Morgan fingerprint density at radius 3 is 2.70 bits per heavy atom. The van der Waals surface area contributed by atoms with Crippen LogP contribution in [0.3, 0.4) is 0 Å². The van der Waals surface area contributed by atoms with Gasteiger partial charge in [-0.1, -0.05) is 0 Å². The van der Waals surface area contributed by atoms with Gasteiger partial charge in [0.1, 0.15) is 0 Å². The summed E-state index contributed by atoms with van der Waals surface area (Å²) in [6, 6.07) is 0.382. The van der Waals surface area contributed by atoms with Gasteiger partial charge in [0.05, 0.1) is 17.1 Å². The molecule has 1 aromatic rings. The van der Waals surface area contributed by atoms with Gasteiger partial charge in [-0.3, -0.25) is 9.59 Å². The van der Waals surface area contributed by atoms with Crippen molar-refractivity contribution in [3.8, 4) is 0 Å². The molecule has 1 aromatic heterocycles. The Labute approximate surface area is 165 Å². The number of hydrogen-bond acceptors (Lipinski definition) is 5. The van der Waals surface area contributed by atoms with Crippen LogP contribution in [0.4, 0.5) is 0 Å². The first kappa shape index (κ1) is 18.9. The topological polar surface area (TPSA) is 56.8 Å². The van der Waals surface area contributed by atoms with Crippen molar-refractivity contribution in [2.75, 3.05) is 39.8 Å². The van der Waals surface area contributed by atoms with Gasteiger partial charge in [0.2, 0.25) is 11.8 Å². The number of likely N-dealkylation sites (N-methyl/N-ethyl adjacent to an activating group) is 1. The molecule has 3 saturated heterocycles. The molecule has 4 rings (SSSR count). The van der Waals surface area contributed by atoms with E-state index in [0.29, 0.717) is 24.8 Å². The summed E-state index contributed by atoms with van der Waals surface area (Å²) in [5, 5.41) is 3.00. The molecule has 2 amide bonds. The molecule has 0 N–H and O–H groups in total. The van der Waals surface area contributed by atoms with Gasteiger partial charge in [-0.15, -0.1) is 11.3 Å². The fourth-order valence-electron chi connectivity index (χ4n) is 4.94.